The molecule has 0 saturated carbocycles. The molecule has 0 aliphatic heterocycles. The zero-order chi connectivity index (χ0) is 17.9. The van der Waals surface area contributed by atoms with Gasteiger partial charge in [-0.2, -0.15) is 0 Å². The number of phenolic OH excluding ortho intramolecular Hbond substituents is 3. The molecule has 0 fully saturated rings. The van der Waals surface area contributed by atoms with Gasteiger partial charge in [-0.25, -0.2) is 4.57 Å². The summed E-state index contributed by atoms with van der Waals surface area (Å²) in [4.78, 5) is 20.9. The number of Topliss-reactive ketones (excluding diaryl/α,β-unsaturated/α-hetero) is 1. The van der Waals surface area contributed by atoms with Crippen LogP contribution in [0.15, 0.2) is 36.4 Å². The molecule has 0 aliphatic rings. The molecular formula is C15H14FO7P. The second kappa shape index (κ2) is 6.90. The summed E-state index contributed by atoms with van der Waals surface area (Å²) in [5, 5.41) is 28.3. The molecule has 0 amide bonds. The summed E-state index contributed by atoms with van der Waals surface area (Å²) >= 11 is 0. The van der Waals surface area contributed by atoms with Gasteiger partial charge >= 0.3 is 7.91 Å². The predicted molar refractivity (Wildman–Crippen MR) is 82.1 cm³/mol. The number of aryl methyl sites for hydroxylation is 1. The number of carbonyl (C=O) groups is 1. The van der Waals surface area contributed by atoms with Crippen molar-refractivity contribution in [2.45, 2.75) is 12.8 Å². The minimum atomic E-state index is -5.48. The number of aromatic hydroxyl groups is 3. The number of benzene rings is 2. The Morgan fingerprint density at radius 2 is 1.71 bits per heavy atom. The Morgan fingerprint density at radius 3 is 2.29 bits per heavy atom. The van der Waals surface area contributed by atoms with Gasteiger partial charge in [0.05, 0.1) is 0 Å². The zero-order valence-corrected chi connectivity index (χ0v) is 13.1. The maximum Gasteiger partial charge on any atom is 0.567 e. The predicted octanol–water partition coefficient (Wildman–Crippen LogP) is 3.07. The van der Waals surface area contributed by atoms with E-state index < -0.39 is 36.5 Å². The summed E-state index contributed by atoms with van der Waals surface area (Å²) in [6, 6.07) is 7.67. The first-order valence-corrected chi connectivity index (χ1v) is 8.21. The second-order valence-corrected chi connectivity index (χ2v) is 6.06. The van der Waals surface area contributed by atoms with Crippen LogP contribution in [-0.4, -0.2) is 26.0 Å². The number of rotatable bonds is 6. The van der Waals surface area contributed by atoms with E-state index in [2.05, 4.69) is 4.52 Å². The van der Waals surface area contributed by atoms with Gasteiger partial charge in [-0.3, -0.25) is 9.69 Å². The average molecular weight is 356 g/mol. The Balaban J connectivity index is 2.24. The lowest BCUT2D eigenvalue weighted by Crippen LogP contribution is -2.04. The molecular weight excluding hydrogens is 342 g/mol. The summed E-state index contributed by atoms with van der Waals surface area (Å²) in [6.45, 7) is 0. The van der Waals surface area contributed by atoms with Crippen molar-refractivity contribution in [1.29, 1.82) is 0 Å². The molecule has 0 saturated heterocycles. The van der Waals surface area contributed by atoms with Crippen LogP contribution >= 0.6 is 7.91 Å². The average Bonchev–Trinajstić information content (AvgIpc) is 2.44. The molecule has 7 nitrogen and oxygen atoms in total. The fourth-order valence-electron chi connectivity index (χ4n) is 2.11. The zero-order valence-electron chi connectivity index (χ0n) is 12.2. The van der Waals surface area contributed by atoms with E-state index in [1.807, 2.05) is 0 Å². The maximum absolute atomic E-state index is 12.9. The Labute approximate surface area is 136 Å². The van der Waals surface area contributed by atoms with Gasteiger partial charge in [0.25, 0.3) is 0 Å². The molecule has 2 aromatic carbocycles. The molecule has 1 atom stereocenters. The van der Waals surface area contributed by atoms with Crippen LogP contribution in [0.3, 0.4) is 0 Å². The fourth-order valence-corrected chi connectivity index (χ4v) is 2.49. The molecule has 0 spiro atoms. The van der Waals surface area contributed by atoms with Crippen LogP contribution in [0.1, 0.15) is 22.3 Å². The van der Waals surface area contributed by atoms with E-state index in [9.17, 15) is 28.9 Å². The fraction of sp³-hybridized carbons (Fsp3) is 0.133. The van der Waals surface area contributed by atoms with E-state index in [0.29, 0.717) is 0 Å². The van der Waals surface area contributed by atoms with Gasteiger partial charge in [0.1, 0.15) is 28.6 Å². The molecule has 1 unspecified atom stereocenters. The lowest BCUT2D eigenvalue weighted by Gasteiger charge is -2.12. The van der Waals surface area contributed by atoms with Crippen molar-refractivity contribution in [3.05, 3.63) is 47.5 Å². The number of hydrogen-bond acceptors (Lipinski definition) is 6. The van der Waals surface area contributed by atoms with E-state index in [0.717, 1.165) is 17.7 Å². The molecule has 0 heterocycles. The van der Waals surface area contributed by atoms with Gasteiger partial charge in [-0.1, -0.05) is 12.1 Å². The monoisotopic (exact) mass is 356 g/mol. The molecule has 9 heteroatoms. The van der Waals surface area contributed by atoms with Crippen molar-refractivity contribution in [2.75, 3.05) is 0 Å². The van der Waals surface area contributed by atoms with Crippen LogP contribution in [0.25, 0.3) is 0 Å². The van der Waals surface area contributed by atoms with Crippen LogP contribution < -0.4 is 4.52 Å². The van der Waals surface area contributed by atoms with Gasteiger partial charge in [0, 0.05) is 18.6 Å². The first-order chi connectivity index (χ1) is 11.2. The highest BCUT2D eigenvalue weighted by Crippen LogP contribution is 2.47. The third-order valence-electron chi connectivity index (χ3n) is 3.13. The van der Waals surface area contributed by atoms with Gasteiger partial charge in [0.15, 0.2) is 5.78 Å². The molecule has 0 radical (unpaired) electrons. The lowest BCUT2D eigenvalue weighted by molar-refractivity contribution is 0.0978. The summed E-state index contributed by atoms with van der Waals surface area (Å²) in [5.74, 6) is -2.60. The molecule has 2 rings (SSSR count). The third kappa shape index (κ3) is 4.71. The van der Waals surface area contributed by atoms with Crippen LogP contribution in [-0.2, 0) is 11.0 Å². The summed E-state index contributed by atoms with van der Waals surface area (Å²) in [7, 11) is -5.48. The highest BCUT2D eigenvalue weighted by Gasteiger charge is 2.26. The van der Waals surface area contributed by atoms with Crippen LogP contribution in [0.4, 0.5) is 4.20 Å². The summed E-state index contributed by atoms with van der Waals surface area (Å²) in [5.41, 5.74) is 0.221. The van der Waals surface area contributed by atoms with E-state index >= 15 is 0 Å². The van der Waals surface area contributed by atoms with Crippen LogP contribution in [0.5, 0.6) is 23.0 Å². The largest absolute Gasteiger partial charge is 0.567 e. The van der Waals surface area contributed by atoms with Crippen molar-refractivity contribution in [1.82, 2.24) is 0 Å². The van der Waals surface area contributed by atoms with Gasteiger partial charge in [0.2, 0.25) is 0 Å². The highest BCUT2D eigenvalue weighted by molar-refractivity contribution is 7.47. The number of ketones is 1. The van der Waals surface area contributed by atoms with E-state index in [1.54, 1.807) is 12.1 Å². The van der Waals surface area contributed by atoms with Gasteiger partial charge in [-0.15, -0.1) is 4.20 Å². The highest BCUT2D eigenvalue weighted by atomic mass is 31.2. The van der Waals surface area contributed by atoms with Gasteiger partial charge in [-0.05, 0) is 24.1 Å². The van der Waals surface area contributed by atoms with E-state index in [-0.39, 0.29) is 18.6 Å². The van der Waals surface area contributed by atoms with Crippen molar-refractivity contribution in [2.24, 2.45) is 0 Å². The van der Waals surface area contributed by atoms with Gasteiger partial charge < -0.3 is 19.8 Å². The lowest BCUT2D eigenvalue weighted by atomic mass is 10.0. The molecule has 0 bridgehead atoms. The van der Waals surface area contributed by atoms with Crippen LogP contribution in [0, 0.1) is 0 Å². The molecule has 4 N–H and O–H groups in total. The number of halogens is 1. The summed E-state index contributed by atoms with van der Waals surface area (Å²) < 4.78 is 27.8. The molecule has 2 aromatic rings. The number of hydrogen-bond donors (Lipinski definition) is 4. The van der Waals surface area contributed by atoms with Crippen molar-refractivity contribution < 1.29 is 38.3 Å². The van der Waals surface area contributed by atoms with Crippen LogP contribution in [0.2, 0.25) is 0 Å². The Morgan fingerprint density at radius 1 is 1.08 bits per heavy atom. The Hall–Kier alpha value is -2.57. The minimum absolute atomic E-state index is 0.0681. The second-order valence-electron chi connectivity index (χ2n) is 4.97. The van der Waals surface area contributed by atoms with Crippen molar-refractivity contribution in [3.63, 3.8) is 0 Å². The first kappa shape index (κ1) is 17.8. The molecule has 128 valence electrons. The topological polar surface area (TPSA) is 124 Å². The maximum atomic E-state index is 12.9. The molecule has 24 heavy (non-hydrogen) atoms. The van der Waals surface area contributed by atoms with E-state index in [1.165, 1.54) is 12.1 Å². The number of carbonyl (C=O) groups excluding carboxylic acids is 1. The van der Waals surface area contributed by atoms with Crippen molar-refractivity contribution in [3.8, 4) is 23.0 Å². The third-order valence-corrected chi connectivity index (χ3v) is 3.55. The number of phenols is 3. The SMILES string of the molecule is O=C(CCc1ccc(O)cc1)c1c(O)cc(O)cc1OP(=O)(O)F. The molecule has 0 aliphatic carbocycles. The standard InChI is InChI=1S/C15H14FO7P/c16-24(21,22)23-14-8-11(18)7-13(20)15(14)12(19)6-3-9-1-4-10(17)5-2-9/h1-2,4-5,7-8,17-18,20H,3,6H2,(H,21,22). The Bertz CT molecular complexity index is 798. The van der Waals surface area contributed by atoms with E-state index in [4.69, 9.17) is 4.89 Å². The quantitative estimate of drug-likeness (QED) is 0.463. The van der Waals surface area contributed by atoms with Crippen molar-refractivity contribution >= 4 is 13.7 Å². The molecule has 0 aromatic heterocycles. The minimum Gasteiger partial charge on any atom is -0.508 e. The Kier molecular flexibility index (Phi) is 5.11. The smallest absolute Gasteiger partial charge is 0.508 e. The summed E-state index contributed by atoms with van der Waals surface area (Å²) in [6.07, 6.45) is 0.118. The first-order valence-electron chi connectivity index (χ1n) is 6.75. The normalized spacial score (nSPS) is 13.2.